The number of rotatable bonds is 5. The number of benzene rings is 1. The molecule has 1 N–H and O–H groups in total. The van der Waals surface area contributed by atoms with Gasteiger partial charge in [0.15, 0.2) is 5.82 Å². The van der Waals surface area contributed by atoms with Crippen molar-refractivity contribution in [2.75, 3.05) is 0 Å². The maximum atomic E-state index is 12.9. The summed E-state index contributed by atoms with van der Waals surface area (Å²) in [5.41, 5.74) is 0.635. The number of hydrogen-bond acceptors (Lipinski definition) is 3. The lowest BCUT2D eigenvalue weighted by Crippen LogP contribution is -2.37. The monoisotopic (exact) mass is 358 g/mol. The number of carbonyl (C=O) groups excluding carboxylic acids is 1. The van der Waals surface area contributed by atoms with Crippen LogP contribution in [0.2, 0.25) is 5.02 Å². The highest BCUT2D eigenvalue weighted by Gasteiger charge is 2.51. The Morgan fingerprint density at radius 1 is 1.28 bits per heavy atom. The predicted molar refractivity (Wildman–Crippen MR) is 96.4 cm³/mol. The van der Waals surface area contributed by atoms with Crippen LogP contribution in [0.3, 0.4) is 0 Å². The smallest absolute Gasteiger partial charge is 0.231 e. The van der Waals surface area contributed by atoms with Gasteiger partial charge in [-0.3, -0.25) is 4.79 Å². The second kappa shape index (κ2) is 6.45. The van der Waals surface area contributed by atoms with E-state index in [0.717, 1.165) is 24.2 Å². The molecular weight excluding hydrogens is 336 g/mol. The zero-order chi connectivity index (χ0) is 17.4. The number of amides is 1. The Balaban J connectivity index is 1.49. The topological polar surface area (TPSA) is 59.8 Å². The minimum atomic E-state index is -0.406. The molecule has 1 aromatic heterocycles. The number of hydrogen-bond donors (Lipinski definition) is 1. The normalized spacial score (nSPS) is 20.4. The summed E-state index contributed by atoms with van der Waals surface area (Å²) in [5.74, 6) is 0.926. The van der Waals surface area contributed by atoms with E-state index in [1.54, 1.807) is 6.33 Å². The van der Waals surface area contributed by atoms with Gasteiger partial charge in [0.25, 0.3) is 0 Å². The molecule has 2 aliphatic carbocycles. The van der Waals surface area contributed by atoms with Crippen LogP contribution in [0.15, 0.2) is 30.6 Å². The van der Waals surface area contributed by atoms with Crippen molar-refractivity contribution in [1.82, 2.24) is 20.1 Å². The SMILES string of the molecule is C[C@H](NC(=O)C1(c2ccc(Cl)cc2)CC1)c1nncn1C1CCCC1. The molecule has 2 saturated carbocycles. The van der Waals surface area contributed by atoms with Gasteiger partial charge in [-0.15, -0.1) is 10.2 Å². The summed E-state index contributed by atoms with van der Waals surface area (Å²) in [6, 6.07) is 7.94. The number of halogens is 1. The van der Waals surface area contributed by atoms with Gasteiger partial charge in [0.1, 0.15) is 6.33 Å². The summed E-state index contributed by atoms with van der Waals surface area (Å²) >= 11 is 5.97. The Morgan fingerprint density at radius 2 is 1.96 bits per heavy atom. The molecule has 0 radical (unpaired) electrons. The molecule has 1 aromatic carbocycles. The molecule has 2 fully saturated rings. The quantitative estimate of drug-likeness (QED) is 0.880. The molecule has 2 aliphatic rings. The van der Waals surface area contributed by atoms with Crippen molar-refractivity contribution in [3.8, 4) is 0 Å². The Kier molecular flexibility index (Phi) is 4.28. The molecule has 25 heavy (non-hydrogen) atoms. The van der Waals surface area contributed by atoms with Gasteiger partial charge >= 0.3 is 0 Å². The van der Waals surface area contributed by atoms with Crippen LogP contribution in [0, 0.1) is 0 Å². The minimum Gasteiger partial charge on any atom is -0.346 e. The second-order valence-electron chi connectivity index (χ2n) is 7.32. The third kappa shape index (κ3) is 3.06. The first-order chi connectivity index (χ1) is 12.1. The lowest BCUT2D eigenvalue weighted by Gasteiger charge is -2.22. The highest BCUT2D eigenvalue weighted by molar-refractivity contribution is 6.30. The highest BCUT2D eigenvalue weighted by atomic mass is 35.5. The molecule has 0 bridgehead atoms. The molecule has 1 heterocycles. The van der Waals surface area contributed by atoms with E-state index >= 15 is 0 Å². The van der Waals surface area contributed by atoms with Gasteiger partial charge in [-0.2, -0.15) is 0 Å². The fraction of sp³-hybridized carbons (Fsp3) is 0.526. The van der Waals surface area contributed by atoms with Crippen molar-refractivity contribution in [2.24, 2.45) is 0 Å². The summed E-state index contributed by atoms with van der Waals surface area (Å²) in [4.78, 5) is 12.9. The Hall–Kier alpha value is -1.88. The van der Waals surface area contributed by atoms with Crippen LogP contribution in [0.25, 0.3) is 0 Å². The molecule has 0 spiro atoms. The van der Waals surface area contributed by atoms with E-state index in [1.807, 2.05) is 31.2 Å². The molecule has 0 aliphatic heterocycles. The van der Waals surface area contributed by atoms with E-state index in [2.05, 4.69) is 20.1 Å². The zero-order valence-corrected chi connectivity index (χ0v) is 15.2. The summed E-state index contributed by atoms with van der Waals surface area (Å²) in [6.07, 6.45) is 8.40. The number of nitrogens with zero attached hydrogens (tertiary/aromatic N) is 3. The maximum Gasteiger partial charge on any atom is 0.231 e. The van der Waals surface area contributed by atoms with E-state index in [9.17, 15) is 4.79 Å². The molecule has 0 unspecified atom stereocenters. The second-order valence-corrected chi connectivity index (χ2v) is 7.76. The van der Waals surface area contributed by atoms with Crippen molar-refractivity contribution in [3.63, 3.8) is 0 Å². The minimum absolute atomic E-state index is 0.0725. The van der Waals surface area contributed by atoms with Gasteiger partial charge in [-0.1, -0.05) is 36.6 Å². The standard InChI is InChI=1S/C19H23ClN4O/c1-13(17-23-21-12-24(17)16-4-2-3-5-16)22-18(25)19(10-11-19)14-6-8-15(20)9-7-14/h6-9,12-13,16H,2-5,10-11H2,1H3,(H,22,25)/t13-/m0/s1. The summed E-state index contributed by atoms with van der Waals surface area (Å²) in [6.45, 7) is 1.99. The predicted octanol–water partition coefficient (Wildman–Crippen LogP) is 3.96. The largest absolute Gasteiger partial charge is 0.346 e. The summed E-state index contributed by atoms with van der Waals surface area (Å²) < 4.78 is 2.15. The lowest BCUT2D eigenvalue weighted by atomic mass is 9.94. The molecule has 4 rings (SSSR count). The van der Waals surface area contributed by atoms with E-state index in [4.69, 9.17) is 11.6 Å². The molecule has 2 aromatic rings. The number of aromatic nitrogens is 3. The van der Waals surface area contributed by atoms with Gasteiger partial charge in [0, 0.05) is 11.1 Å². The molecule has 1 atom stereocenters. The molecule has 1 amide bonds. The van der Waals surface area contributed by atoms with Crippen molar-refractivity contribution in [2.45, 2.75) is 62.9 Å². The van der Waals surface area contributed by atoms with Crippen LogP contribution in [0.4, 0.5) is 0 Å². The highest BCUT2D eigenvalue weighted by Crippen LogP contribution is 2.49. The van der Waals surface area contributed by atoms with Crippen LogP contribution in [-0.4, -0.2) is 20.7 Å². The van der Waals surface area contributed by atoms with Crippen molar-refractivity contribution in [1.29, 1.82) is 0 Å². The zero-order valence-electron chi connectivity index (χ0n) is 14.4. The van der Waals surface area contributed by atoms with Crippen LogP contribution < -0.4 is 5.32 Å². The Morgan fingerprint density at radius 3 is 2.60 bits per heavy atom. The van der Waals surface area contributed by atoms with Gasteiger partial charge in [0.2, 0.25) is 5.91 Å². The van der Waals surface area contributed by atoms with Gasteiger partial charge in [-0.25, -0.2) is 0 Å². The number of nitrogens with one attached hydrogen (secondary N) is 1. The van der Waals surface area contributed by atoms with Crippen LogP contribution in [-0.2, 0) is 10.2 Å². The van der Waals surface area contributed by atoms with Crippen LogP contribution >= 0.6 is 11.6 Å². The average molecular weight is 359 g/mol. The third-order valence-electron chi connectivity index (χ3n) is 5.64. The first-order valence-electron chi connectivity index (χ1n) is 9.06. The molecule has 0 saturated heterocycles. The van der Waals surface area contributed by atoms with E-state index in [0.29, 0.717) is 11.1 Å². The van der Waals surface area contributed by atoms with E-state index in [1.165, 1.54) is 25.7 Å². The van der Waals surface area contributed by atoms with E-state index < -0.39 is 5.41 Å². The first kappa shape index (κ1) is 16.6. The summed E-state index contributed by atoms with van der Waals surface area (Å²) in [5, 5.41) is 12.2. The van der Waals surface area contributed by atoms with Crippen molar-refractivity contribution in [3.05, 3.63) is 47.0 Å². The van der Waals surface area contributed by atoms with Gasteiger partial charge in [-0.05, 0) is 50.3 Å². The van der Waals surface area contributed by atoms with Gasteiger partial charge < -0.3 is 9.88 Å². The average Bonchev–Trinajstić information content (AvgIpc) is 3.02. The van der Waals surface area contributed by atoms with Gasteiger partial charge in [0.05, 0.1) is 11.5 Å². The molecule has 6 heteroatoms. The Labute approximate surface area is 152 Å². The van der Waals surface area contributed by atoms with Crippen LogP contribution in [0.1, 0.15) is 68.9 Å². The van der Waals surface area contributed by atoms with Crippen molar-refractivity contribution >= 4 is 17.5 Å². The first-order valence-corrected chi connectivity index (χ1v) is 9.44. The number of carbonyl (C=O) groups is 1. The fourth-order valence-electron chi connectivity index (χ4n) is 3.97. The molecule has 5 nitrogen and oxygen atoms in total. The Bertz CT molecular complexity index is 760. The third-order valence-corrected chi connectivity index (χ3v) is 5.89. The fourth-order valence-corrected chi connectivity index (χ4v) is 4.09. The summed E-state index contributed by atoms with van der Waals surface area (Å²) in [7, 11) is 0. The maximum absolute atomic E-state index is 12.9. The van der Waals surface area contributed by atoms with Crippen LogP contribution in [0.5, 0.6) is 0 Å². The molecule has 132 valence electrons. The molecular formula is C19H23ClN4O. The van der Waals surface area contributed by atoms with Crippen molar-refractivity contribution < 1.29 is 4.79 Å². The lowest BCUT2D eigenvalue weighted by molar-refractivity contribution is -0.124. The van der Waals surface area contributed by atoms with E-state index in [-0.39, 0.29) is 11.9 Å².